The molecular weight excluding hydrogens is 250 g/mol. The summed E-state index contributed by atoms with van der Waals surface area (Å²) in [4.78, 5) is 28.7. The molecule has 0 radical (unpaired) electrons. The van der Waals surface area contributed by atoms with Gasteiger partial charge in [0.05, 0.1) is 6.61 Å². The van der Waals surface area contributed by atoms with Gasteiger partial charge < -0.3 is 15.1 Å². The minimum absolute atomic E-state index is 0.00627. The van der Waals surface area contributed by atoms with Crippen molar-refractivity contribution >= 4 is 5.91 Å². The van der Waals surface area contributed by atoms with Gasteiger partial charge in [-0.15, -0.1) is 10.1 Å². The molecule has 0 bridgehead atoms. The van der Waals surface area contributed by atoms with Crippen molar-refractivity contribution in [2.24, 2.45) is 5.92 Å². The standard InChI is InChI=1S/C12H23N3O4/c1-12(2,6-9-19-15(17)18)13-11(16)10-4-7-14(3)8-5-10/h10H,4-9H2,1-3H3,(H,13,16). The second kappa shape index (κ2) is 6.70. The molecule has 0 aromatic rings. The van der Waals surface area contributed by atoms with Gasteiger partial charge in [-0.05, 0) is 53.2 Å². The highest BCUT2D eigenvalue weighted by Crippen LogP contribution is 2.18. The van der Waals surface area contributed by atoms with E-state index in [-0.39, 0.29) is 18.4 Å². The molecule has 7 heteroatoms. The summed E-state index contributed by atoms with van der Waals surface area (Å²) in [6.07, 6.45) is 2.14. The van der Waals surface area contributed by atoms with E-state index >= 15 is 0 Å². The molecule has 110 valence electrons. The molecule has 1 rings (SSSR count). The topological polar surface area (TPSA) is 84.7 Å². The number of nitrogens with one attached hydrogen (secondary N) is 1. The van der Waals surface area contributed by atoms with E-state index in [1.165, 1.54) is 0 Å². The predicted octanol–water partition coefficient (Wildman–Crippen LogP) is 0.821. The molecule has 0 aromatic heterocycles. The Kier molecular flexibility index (Phi) is 5.53. The zero-order valence-electron chi connectivity index (χ0n) is 11.8. The molecule has 0 aromatic carbocycles. The maximum absolute atomic E-state index is 12.1. The van der Waals surface area contributed by atoms with Crippen molar-refractivity contribution in [1.82, 2.24) is 10.2 Å². The number of amides is 1. The normalized spacial score (nSPS) is 18.1. The first-order chi connectivity index (χ1) is 8.80. The molecule has 1 aliphatic heterocycles. The van der Waals surface area contributed by atoms with Crippen molar-refractivity contribution in [3.05, 3.63) is 10.1 Å². The number of hydrogen-bond donors (Lipinski definition) is 1. The van der Waals surface area contributed by atoms with Gasteiger partial charge in [0.25, 0.3) is 5.09 Å². The number of carbonyl (C=O) groups is 1. The Hall–Kier alpha value is -1.37. The number of hydrogen-bond acceptors (Lipinski definition) is 5. The van der Waals surface area contributed by atoms with E-state index in [9.17, 15) is 14.9 Å². The third kappa shape index (κ3) is 5.87. The van der Waals surface area contributed by atoms with Crippen LogP contribution < -0.4 is 5.32 Å². The molecule has 1 aliphatic rings. The maximum Gasteiger partial charge on any atom is 0.294 e. The highest BCUT2D eigenvalue weighted by Gasteiger charge is 2.28. The summed E-state index contributed by atoms with van der Waals surface area (Å²) in [5, 5.41) is 12.2. The Morgan fingerprint density at radius 1 is 1.47 bits per heavy atom. The van der Waals surface area contributed by atoms with Crippen LogP contribution in [0.25, 0.3) is 0 Å². The number of nitrogens with zero attached hydrogens (tertiary/aromatic N) is 2. The van der Waals surface area contributed by atoms with Gasteiger partial charge in [0.15, 0.2) is 0 Å². The lowest BCUT2D eigenvalue weighted by atomic mass is 9.93. The zero-order chi connectivity index (χ0) is 14.5. The first-order valence-electron chi connectivity index (χ1n) is 6.58. The Labute approximate surface area is 113 Å². The van der Waals surface area contributed by atoms with Gasteiger partial charge >= 0.3 is 0 Å². The van der Waals surface area contributed by atoms with Gasteiger partial charge in [0, 0.05) is 11.5 Å². The first kappa shape index (κ1) is 15.7. The van der Waals surface area contributed by atoms with E-state index in [4.69, 9.17) is 0 Å². The molecule has 19 heavy (non-hydrogen) atoms. The highest BCUT2D eigenvalue weighted by atomic mass is 16.9. The van der Waals surface area contributed by atoms with E-state index in [0.29, 0.717) is 6.42 Å². The van der Waals surface area contributed by atoms with Crippen molar-refractivity contribution < 1.29 is 14.7 Å². The average Bonchev–Trinajstić information content (AvgIpc) is 2.28. The van der Waals surface area contributed by atoms with Crippen molar-refractivity contribution in [2.45, 2.75) is 38.6 Å². The molecule has 1 N–H and O–H groups in total. The van der Waals surface area contributed by atoms with E-state index in [1.807, 2.05) is 20.9 Å². The van der Waals surface area contributed by atoms with Crippen LogP contribution in [0, 0.1) is 16.0 Å². The fourth-order valence-corrected chi connectivity index (χ4v) is 2.14. The fraction of sp³-hybridized carbons (Fsp3) is 0.917. The van der Waals surface area contributed by atoms with Crippen LogP contribution in [0.15, 0.2) is 0 Å². The highest BCUT2D eigenvalue weighted by molar-refractivity contribution is 5.79. The van der Waals surface area contributed by atoms with Gasteiger partial charge in [0.2, 0.25) is 5.91 Å². The minimum Gasteiger partial charge on any atom is -0.351 e. The van der Waals surface area contributed by atoms with Crippen molar-refractivity contribution in [3.63, 3.8) is 0 Å². The summed E-state index contributed by atoms with van der Waals surface area (Å²) in [6.45, 7) is 5.56. The Morgan fingerprint density at radius 2 is 2.05 bits per heavy atom. The second-order valence-electron chi connectivity index (χ2n) is 5.76. The molecule has 1 heterocycles. The lowest BCUT2D eigenvalue weighted by molar-refractivity contribution is -0.758. The predicted molar refractivity (Wildman–Crippen MR) is 70.0 cm³/mol. The molecule has 0 saturated carbocycles. The average molecular weight is 273 g/mol. The van der Waals surface area contributed by atoms with Gasteiger partial charge in [-0.25, -0.2) is 0 Å². The van der Waals surface area contributed by atoms with Crippen LogP contribution in [0.5, 0.6) is 0 Å². The molecule has 0 unspecified atom stereocenters. The largest absolute Gasteiger partial charge is 0.351 e. The van der Waals surface area contributed by atoms with Crippen LogP contribution in [0.1, 0.15) is 33.1 Å². The Bertz CT molecular complexity index is 325. The Morgan fingerprint density at radius 3 is 2.58 bits per heavy atom. The maximum atomic E-state index is 12.1. The van der Waals surface area contributed by atoms with Crippen molar-refractivity contribution in [1.29, 1.82) is 0 Å². The summed E-state index contributed by atoms with van der Waals surface area (Å²) in [7, 11) is 2.05. The lowest BCUT2D eigenvalue weighted by Gasteiger charge is -2.32. The number of piperidine rings is 1. The first-order valence-corrected chi connectivity index (χ1v) is 6.58. The summed E-state index contributed by atoms with van der Waals surface area (Å²) in [5.74, 6) is 0.0890. The van der Waals surface area contributed by atoms with E-state index in [2.05, 4.69) is 15.1 Å². The van der Waals surface area contributed by atoms with Gasteiger partial charge in [0.1, 0.15) is 0 Å². The van der Waals surface area contributed by atoms with Crippen LogP contribution in [0.2, 0.25) is 0 Å². The third-order valence-corrected chi connectivity index (χ3v) is 3.47. The molecule has 1 amide bonds. The summed E-state index contributed by atoms with van der Waals surface area (Å²) in [5.41, 5.74) is -0.490. The molecule has 1 saturated heterocycles. The van der Waals surface area contributed by atoms with Crippen LogP contribution in [0.3, 0.4) is 0 Å². The summed E-state index contributed by atoms with van der Waals surface area (Å²) < 4.78 is 0. The molecule has 0 spiro atoms. The van der Waals surface area contributed by atoms with Crippen LogP contribution >= 0.6 is 0 Å². The van der Waals surface area contributed by atoms with Crippen LogP contribution in [0.4, 0.5) is 0 Å². The number of likely N-dealkylation sites (tertiary alicyclic amines) is 1. The monoisotopic (exact) mass is 273 g/mol. The van der Waals surface area contributed by atoms with E-state index in [1.54, 1.807) is 0 Å². The molecular formula is C12H23N3O4. The second-order valence-corrected chi connectivity index (χ2v) is 5.76. The third-order valence-electron chi connectivity index (χ3n) is 3.47. The molecule has 7 nitrogen and oxygen atoms in total. The number of carbonyl (C=O) groups excluding carboxylic acids is 1. The molecule has 0 atom stereocenters. The lowest BCUT2D eigenvalue weighted by Crippen LogP contribution is -2.48. The number of rotatable bonds is 6. The zero-order valence-corrected chi connectivity index (χ0v) is 11.8. The Balaban J connectivity index is 2.35. The van der Waals surface area contributed by atoms with Gasteiger partial charge in [-0.1, -0.05) is 0 Å². The molecule has 1 fully saturated rings. The van der Waals surface area contributed by atoms with Gasteiger partial charge in [-0.2, -0.15) is 0 Å². The summed E-state index contributed by atoms with van der Waals surface area (Å²) >= 11 is 0. The molecule has 0 aliphatic carbocycles. The van der Waals surface area contributed by atoms with Crippen molar-refractivity contribution in [3.8, 4) is 0 Å². The van der Waals surface area contributed by atoms with Gasteiger partial charge in [-0.3, -0.25) is 4.79 Å². The van der Waals surface area contributed by atoms with Crippen LogP contribution in [-0.2, 0) is 9.63 Å². The minimum atomic E-state index is -0.811. The van der Waals surface area contributed by atoms with Crippen LogP contribution in [-0.4, -0.2) is 48.2 Å². The fourth-order valence-electron chi connectivity index (χ4n) is 2.14. The SMILES string of the molecule is CN1CCC(C(=O)NC(C)(C)CCO[N+](=O)[O-])CC1. The van der Waals surface area contributed by atoms with E-state index in [0.717, 1.165) is 25.9 Å². The van der Waals surface area contributed by atoms with Crippen molar-refractivity contribution in [2.75, 3.05) is 26.7 Å². The quantitative estimate of drug-likeness (QED) is 0.572. The van der Waals surface area contributed by atoms with E-state index < -0.39 is 10.6 Å². The summed E-state index contributed by atoms with van der Waals surface area (Å²) in [6, 6.07) is 0. The smallest absolute Gasteiger partial charge is 0.294 e.